The van der Waals surface area contributed by atoms with E-state index in [9.17, 15) is 4.79 Å². The van der Waals surface area contributed by atoms with Crippen molar-refractivity contribution in [2.45, 2.75) is 6.92 Å². The Morgan fingerprint density at radius 2 is 1.83 bits per heavy atom. The summed E-state index contributed by atoms with van der Waals surface area (Å²) in [6.45, 7) is 2.06. The number of carbonyl (C=O) groups is 1. The van der Waals surface area contributed by atoms with Gasteiger partial charge in [0, 0.05) is 6.20 Å². The lowest BCUT2D eigenvalue weighted by Gasteiger charge is -1.97. The van der Waals surface area contributed by atoms with Gasteiger partial charge in [0.15, 0.2) is 0 Å². The molecule has 18 heavy (non-hydrogen) atoms. The average Bonchev–Trinajstić information content (AvgIpc) is 2.41. The number of methoxy groups -OCH3 is 1. The van der Waals surface area contributed by atoms with E-state index in [-0.39, 0.29) is 0 Å². The summed E-state index contributed by atoms with van der Waals surface area (Å²) in [6.07, 6.45) is 1.53. The molecule has 0 fully saturated rings. The van der Waals surface area contributed by atoms with Gasteiger partial charge in [-0.05, 0) is 31.2 Å². The molecular weight excluding hydrogens is 228 g/mol. The maximum atomic E-state index is 10.4. The van der Waals surface area contributed by atoms with Crippen LogP contribution in [0.4, 0.5) is 0 Å². The van der Waals surface area contributed by atoms with E-state index in [0.29, 0.717) is 5.69 Å². The Hall–Kier alpha value is -2.36. The molecule has 0 bridgehead atoms. The molecular formula is C14H16N2O2. The molecule has 0 spiro atoms. The Kier molecular flexibility index (Phi) is 5.38. The van der Waals surface area contributed by atoms with Crippen molar-refractivity contribution in [2.24, 2.45) is 5.73 Å². The Balaban J connectivity index is 0.000000180. The molecule has 0 radical (unpaired) electrons. The topological polar surface area (TPSA) is 65.2 Å². The summed E-state index contributed by atoms with van der Waals surface area (Å²) in [4.78, 5) is 14.1. The number of hydrogen-bond acceptors (Lipinski definition) is 3. The van der Waals surface area contributed by atoms with E-state index >= 15 is 0 Å². The number of aryl methyl sites for hydroxylation is 1. The largest absolute Gasteiger partial charge is 0.497 e. The van der Waals surface area contributed by atoms with Crippen LogP contribution in [0.2, 0.25) is 0 Å². The minimum Gasteiger partial charge on any atom is -0.497 e. The summed E-state index contributed by atoms with van der Waals surface area (Å²) < 4.78 is 4.97. The van der Waals surface area contributed by atoms with Crippen LogP contribution in [0.5, 0.6) is 5.75 Å². The molecule has 2 aromatic rings. The maximum absolute atomic E-state index is 10.4. The zero-order valence-corrected chi connectivity index (χ0v) is 10.5. The molecule has 0 saturated carbocycles. The van der Waals surface area contributed by atoms with Gasteiger partial charge in [-0.25, -0.2) is 0 Å². The smallest absolute Gasteiger partial charge is 0.267 e. The van der Waals surface area contributed by atoms with Crippen molar-refractivity contribution in [3.8, 4) is 5.75 Å². The Morgan fingerprint density at radius 3 is 2.22 bits per heavy atom. The normalized spacial score (nSPS) is 9.00. The van der Waals surface area contributed by atoms with Crippen LogP contribution in [0.25, 0.3) is 0 Å². The number of nitrogens with zero attached hydrogens (tertiary/aromatic N) is 1. The van der Waals surface area contributed by atoms with Gasteiger partial charge in [-0.1, -0.05) is 23.8 Å². The fourth-order valence-electron chi connectivity index (χ4n) is 1.18. The molecule has 0 unspecified atom stereocenters. The molecule has 1 heterocycles. The predicted octanol–water partition coefficient (Wildman–Crippen LogP) is 2.18. The van der Waals surface area contributed by atoms with Crippen molar-refractivity contribution in [1.82, 2.24) is 4.98 Å². The molecule has 1 amide bonds. The van der Waals surface area contributed by atoms with Crippen LogP contribution in [0.1, 0.15) is 16.1 Å². The second-order valence-corrected chi connectivity index (χ2v) is 3.60. The monoisotopic (exact) mass is 244 g/mol. The van der Waals surface area contributed by atoms with E-state index in [1.165, 1.54) is 11.8 Å². The van der Waals surface area contributed by atoms with E-state index < -0.39 is 5.91 Å². The first-order chi connectivity index (χ1) is 8.63. The first kappa shape index (κ1) is 13.7. The first-order valence-electron chi connectivity index (χ1n) is 5.45. The number of benzene rings is 1. The minimum absolute atomic E-state index is 0.303. The molecule has 1 aromatic carbocycles. The van der Waals surface area contributed by atoms with Gasteiger partial charge in [0.05, 0.1) is 7.11 Å². The van der Waals surface area contributed by atoms with Gasteiger partial charge in [-0.3, -0.25) is 9.78 Å². The van der Waals surface area contributed by atoms with Gasteiger partial charge in [0.2, 0.25) is 0 Å². The van der Waals surface area contributed by atoms with Crippen molar-refractivity contribution in [3.05, 3.63) is 59.9 Å². The third-order valence-corrected chi connectivity index (χ3v) is 2.17. The van der Waals surface area contributed by atoms with Crippen molar-refractivity contribution >= 4 is 5.91 Å². The Bertz CT molecular complexity index is 481. The third-order valence-electron chi connectivity index (χ3n) is 2.17. The van der Waals surface area contributed by atoms with Crippen molar-refractivity contribution < 1.29 is 9.53 Å². The summed E-state index contributed by atoms with van der Waals surface area (Å²) in [5.41, 5.74) is 6.48. The van der Waals surface area contributed by atoms with Crippen LogP contribution < -0.4 is 10.5 Å². The summed E-state index contributed by atoms with van der Waals surface area (Å²) in [5.74, 6) is 0.427. The Morgan fingerprint density at radius 1 is 1.17 bits per heavy atom. The molecule has 0 atom stereocenters. The highest BCUT2D eigenvalue weighted by Gasteiger charge is 1.95. The quantitative estimate of drug-likeness (QED) is 0.880. The van der Waals surface area contributed by atoms with E-state index in [1.807, 2.05) is 24.3 Å². The van der Waals surface area contributed by atoms with Crippen LogP contribution in [-0.4, -0.2) is 18.0 Å². The first-order valence-corrected chi connectivity index (χ1v) is 5.45. The van der Waals surface area contributed by atoms with Crippen molar-refractivity contribution in [3.63, 3.8) is 0 Å². The molecule has 0 saturated heterocycles. The molecule has 2 N–H and O–H groups in total. The van der Waals surface area contributed by atoms with E-state index in [2.05, 4.69) is 11.9 Å². The van der Waals surface area contributed by atoms with Gasteiger partial charge in [-0.2, -0.15) is 0 Å². The highest BCUT2D eigenvalue weighted by Crippen LogP contribution is 2.09. The number of hydrogen-bond donors (Lipinski definition) is 1. The molecule has 4 nitrogen and oxygen atoms in total. The Labute approximate surface area is 106 Å². The van der Waals surface area contributed by atoms with Gasteiger partial charge >= 0.3 is 0 Å². The number of amides is 1. The maximum Gasteiger partial charge on any atom is 0.267 e. The van der Waals surface area contributed by atoms with E-state index in [0.717, 1.165) is 5.75 Å². The third kappa shape index (κ3) is 4.65. The van der Waals surface area contributed by atoms with Crippen LogP contribution in [0, 0.1) is 6.92 Å². The number of nitrogens with two attached hydrogens (primary N) is 1. The number of pyridine rings is 1. The highest BCUT2D eigenvalue weighted by atomic mass is 16.5. The van der Waals surface area contributed by atoms with Gasteiger partial charge in [0.1, 0.15) is 11.4 Å². The molecule has 0 aliphatic heterocycles. The van der Waals surface area contributed by atoms with Gasteiger partial charge in [0.25, 0.3) is 5.91 Å². The molecule has 0 aliphatic carbocycles. The number of carbonyl (C=O) groups excluding carboxylic acids is 1. The van der Waals surface area contributed by atoms with Crippen LogP contribution >= 0.6 is 0 Å². The number of primary amides is 1. The molecule has 0 aliphatic rings. The number of ether oxygens (including phenoxy) is 1. The number of rotatable bonds is 2. The van der Waals surface area contributed by atoms with Crippen LogP contribution in [-0.2, 0) is 0 Å². The fraction of sp³-hybridized carbons (Fsp3) is 0.143. The lowest BCUT2D eigenvalue weighted by molar-refractivity contribution is 0.0995. The second-order valence-electron chi connectivity index (χ2n) is 3.60. The lowest BCUT2D eigenvalue weighted by Crippen LogP contribution is -2.12. The standard InChI is InChI=1S/C8H10O.C6H6N2O/c1-7-3-5-8(9-2)6-4-7;7-6(9)5-3-1-2-4-8-5/h3-6H,1-2H3;1-4H,(H2,7,9). The molecule has 2 rings (SSSR count). The molecule has 94 valence electrons. The second kappa shape index (κ2) is 7.06. The highest BCUT2D eigenvalue weighted by molar-refractivity contribution is 5.90. The van der Waals surface area contributed by atoms with Crippen LogP contribution in [0.15, 0.2) is 48.7 Å². The summed E-state index contributed by atoms with van der Waals surface area (Å²) in [6, 6.07) is 13.0. The van der Waals surface area contributed by atoms with E-state index in [4.69, 9.17) is 10.5 Å². The molecule has 4 heteroatoms. The summed E-state index contributed by atoms with van der Waals surface area (Å²) in [5, 5.41) is 0. The van der Waals surface area contributed by atoms with Gasteiger partial charge < -0.3 is 10.5 Å². The summed E-state index contributed by atoms with van der Waals surface area (Å²) >= 11 is 0. The summed E-state index contributed by atoms with van der Waals surface area (Å²) in [7, 11) is 1.67. The SMILES string of the molecule is COc1ccc(C)cc1.NC(=O)c1ccccn1. The zero-order chi connectivity index (χ0) is 13.4. The van der Waals surface area contributed by atoms with Gasteiger partial charge in [-0.15, -0.1) is 0 Å². The predicted molar refractivity (Wildman–Crippen MR) is 70.5 cm³/mol. The zero-order valence-electron chi connectivity index (χ0n) is 10.5. The molecule has 1 aromatic heterocycles. The van der Waals surface area contributed by atoms with Crippen LogP contribution in [0.3, 0.4) is 0 Å². The van der Waals surface area contributed by atoms with E-state index in [1.54, 1.807) is 25.3 Å². The minimum atomic E-state index is -0.490. The fourth-order valence-corrected chi connectivity index (χ4v) is 1.18. The van der Waals surface area contributed by atoms with Crippen molar-refractivity contribution in [2.75, 3.05) is 7.11 Å². The van der Waals surface area contributed by atoms with Crippen molar-refractivity contribution in [1.29, 1.82) is 0 Å². The number of aromatic nitrogens is 1. The lowest BCUT2D eigenvalue weighted by atomic mass is 10.2. The average molecular weight is 244 g/mol.